The molecular weight excluding hydrogens is 396 g/mol. The van der Waals surface area contributed by atoms with E-state index in [1.54, 1.807) is 18.0 Å². The number of dihydropyridines is 1. The van der Waals surface area contributed by atoms with Crippen molar-refractivity contribution in [1.29, 1.82) is 0 Å². The highest BCUT2D eigenvalue weighted by Crippen LogP contribution is 2.36. The summed E-state index contributed by atoms with van der Waals surface area (Å²) in [6.07, 6.45) is 1.33. The maximum absolute atomic E-state index is 13.4. The molecule has 1 saturated heterocycles. The van der Waals surface area contributed by atoms with Gasteiger partial charge in [0.15, 0.2) is 11.6 Å². The van der Waals surface area contributed by atoms with Gasteiger partial charge in [-0.25, -0.2) is 8.78 Å². The zero-order chi connectivity index (χ0) is 21.0. The molecule has 8 nitrogen and oxygen atoms in total. The van der Waals surface area contributed by atoms with Crippen LogP contribution in [0.3, 0.4) is 0 Å². The predicted octanol–water partition coefficient (Wildman–Crippen LogP) is 1.30. The van der Waals surface area contributed by atoms with E-state index in [1.165, 1.54) is 4.90 Å². The second-order valence-corrected chi connectivity index (χ2v) is 8.09. The fourth-order valence-electron chi connectivity index (χ4n) is 4.34. The minimum absolute atomic E-state index is 0.0330. The van der Waals surface area contributed by atoms with Crippen LogP contribution in [0.15, 0.2) is 29.1 Å². The van der Waals surface area contributed by atoms with Crippen molar-refractivity contribution in [1.82, 2.24) is 20.1 Å². The number of nitrogens with zero attached hydrogens (tertiary/aromatic N) is 3. The van der Waals surface area contributed by atoms with E-state index in [9.17, 15) is 18.4 Å². The predicted molar refractivity (Wildman–Crippen MR) is 104 cm³/mol. The number of hydrogen-bond acceptors (Lipinski definition) is 5. The quantitative estimate of drug-likeness (QED) is 0.756. The molecule has 1 aromatic heterocycles. The Bertz CT molecular complexity index is 973. The largest absolute Gasteiger partial charge is 0.488 e. The van der Waals surface area contributed by atoms with Crippen LogP contribution in [-0.2, 0) is 4.79 Å². The summed E-state index contributed by atoms with van der Waals surface area (Å²) >= 11 is 0. The molecule has 2 N–H and O–H groups in total. The Kier molecular flexibility index (Phi) is 4.26. The van der Waals surface area contributed by atoms with Crippen molar-refractivity contribution >= 4 is 17.6 Å². The van der Waals surface area contributed by atoms with Crippen LogP contribution in [0, 0.1) is 0 Å². The van der Waals surface area contributed by atoms with Crippen molar-refractivity contribution in [2.45, 2.75) is 18.8 Å². The molecule has 0 bridgehead atoms. The highest BCUT2D eigenvalue weighted by molar-refractivity contribution is 5.98. The summed E-state index contributed by atoms with van der Waals surface area (Å²) in [5, 5.41) is 3.29. The number of ether oxygens (including phenoxy) is 1. The maximum Gasteiger partial charge on any atom is 0.270 e. The first kappa shape index (κ1) is 19.0. The van der Waals surface area contributed by atoms with E-state index in [2.05, 4.69) is 10.3 Å². The lowest BCUT2D eigenvalue weighted by molar-refractivity contribution is -0.124. The van der Waals surface area contributed by atoms with E-state index in [0.29, 0.717) is 43.5 Å². The van der Waals surface area contributed by atoms with Crippen molar-refractivity contribution in [2.75, 3.05) is 51.3 Å². The van der Waals surface area contributed by atoms with E-state index in [1.807, 2.05) is 11.0 Å². The van der Waals surface area contributed by atoms with E-state index in [4.69, 9.17) is 4.74 Å². The van der Waals surface area contributed by atoms with Gasteiger partial charge in [-0.2, -0.15) is 0 Å². The normalized spacial score (nSPS) is 23.0. The van der Waals surface area contributed by atoms with Crippen LogP contribution in [0.25, 0.3) is 0 Å². The van der Waals surface area contributed by atoms with E-state index in [-0.39, 0.29) is 37.7 Å². The van der Waals surface area contributed by atoms with Gasteiger partial charge < -0.3 is 29.7 Å². The fourth-order valence-corrected chi connectivity index (χ4v) is 4.34. The number of rotatable bonds is 2. The Balaban J connectivity index is 1.38. The van der Waals surface area contributed by atoms with Gasteiger partial charge in [-0.3, -0.25) is 9.59 Å². The van der Waals surface area contributed by atoms with Gasteiger partial charge in [-0.15, -0.1) is 0 Å². The lowest BCUT2D eigenvalue weighted by atomic mass is 10.1. The Morgan fingerprint density at radius 2 is 2.00 bits per heavy atom. The Morgan fingerprint density at radius 1 is 1.23 bits per heavy atom. The third kappa shape index (κ3) is 3.10. The van der Waals surface area contributed by atoms with Crippen LogP contribution in [-0.4, -0.2) is 78.9 Å². The number of nitrogens with one attached hydrogen (secondary N) is 2. The van der Waals surface area contributed by atoms with Crippen molar-refractivity contribution < 1.29 is 23.1 Å². The van der Waals surface area contributed by atoms with Gasteiger partial charge >= 0.3 is 0 Å². The maximum atomic E-state index is 13.4. The molecule has 0 unspecified atom stereocenters. The van der Waals surface area contributed by atoms with E-state index >= 15 is 0 Å². The number of aromatic nitrogens is 1. The highest BCUT2D eigenvalue weighted by Gasteiger charge is 2.37. The number of likely N-dealkylation sites (tertiary alicyclic amines) is 1. The summed E-state index contributed by atoms with van der Waals surface area (Å²) in [7, 11) is 1.78. The van der Waals surface area contributed by atoms with E-state index < -0.39 is 5.92 Å². The molecule has 2 amide bonds. The monoisotopic (exact) mass is 419 g/mol. The minimum Gasteiger partial charge on any atom is -0.488 e. The standard InChI is InChI=1S/C20H23F2N5O3/c1-25-11-12-8-16(23-10-13(12)18(25)28)27-6-7-30-15-9-14(24-17(15)27)19(29)26-4-2-20(21,22)3-5-26/h8-9,23-24H,2-7,10-11H2,1H3. The van der Waals surface area contributed by atoms with Gasteiger partial charge in [-0.05, 0) is 11.6 Å². The summed E-state index contributed by atoms with van der Waals surface area (Å²) in [4.78, 5) is 33.2. The molecule has 4 aliphatic heterocycles. The summed E-state index contributed by atoms with van der Waals surface area (Å²) in [5.41, 5.74) is 2.09. The van der Waals surface area contributed by atoms with Gasteiger partial charge in [0.05, 0.1) is 6.54 Å². The number of H-pyrrole nitrogens is 1. The number of alkyl halides is 2. The molecule has 0 aliphatic carbocycles. The lowest BCUT2D eigenvalue weighted by Gasteiger charge is -2.33. The summed E-state index contributed by atoms with van der Waals surface area (Å²) in [5.74, 6) is -0.938. The van der Waals surface area contributed by atoms with Crippen LogP contribution in [0.2, 0.25) is 0 Å². The summed E-state index contributed by atoms with van der Waals surface area (Å²) in [6.45, 7) is 2.10. The number of aromatic amines is 1. The molecule has 5 heterocycles. The molecular formula is C20H23F2N5O3. The first-order chi connectivity index (χ1) is 14.3. The molecule has 1 fully saturated rings. The molecule has 1 aromatic rings. The average molecular weight is 419 g/mol. The Labute approximate surface area is 172 Å². The average Bonchev–Trinajstić information content (AvgIpc) is 3.28. The molecule has 10 heteroatoms. The van der Waals surface area contributed by atoms with Crippen LogP contribution in [0.4, 0.5) is 14.6 Å². The molecule has 0 saturated carbocycles. The number of likely N-dealkylation sites (N-methyl/N-ethyl adjacent to an activating group) is 1. The molecule has 0 spiro atoms. The number of anilines is 1. The van der Waals surface area contributed by atoms with Crippen LogP contribution >= 0.6 is 0 Å². The molecule has 4 aliphatic rings. The number of hydrogen-bond donors (Lipinski definition) is 2. The van der Waals surface area contributed by atoms with Crippen molar-refractivity contribution in [2.24, 2.45) is 0 Å². The molecule has 0 radical (unpaired) electrons. The Morgan fingerprint density at radius 3 is 2.77 bits per heavy atom. The van der Waals surface area contributed by atoms with Crippen molar-refractivity contribution in [3.8, 4) is 5.75 Å². The molecule has 30 heavy (non-hydrogen) atoms. The van der Waals surface area contributed by atoms with Crippen LogP contribution in [0.5, 0.6) is 5.75 Å². The van der Waals surface area contributed by atoms with Gasteiger partial charge in [0.2, 0.25) is 0 Å². The number of amides is 2. The lowest BCUT2D eigenvalue weighted by Crippen LogP contribution is -2.43. The van der Waals surface area contributed by atoms with Crippen molar-refractivity contribution in [3.05, 3.63) is 34.8 Å². The van der Waals surface area contributed by atoms with Gasteiger partial charge in [-0.1, -0.05) is 0 Å². The zero-order valence-corrected chi connectivity index (χ0v) is 16.6. The number of halogens is 2. The second-order valence-electron chi connectivity index (χ2n) is 8.09. The highest BCUT2D eigenvalue weighted by atomic mass is 19.3. The molecule has 0 aromatic carbocycles. The number of carbonyl (C=O) groups excluding carboxylic acids is 2. The topological polar surface area (TPSA) is 80.9 Å². The Hall–Kier alpha value is -3.04. The first-order valence-corrected chi connectivity index (χ1v) is 10.1. The van der Waals surface area contributed by atoms with E-state index in [0.717, 1.165) is 17.0 Å². The zero-order valence-electron chi connectivity index (χ0n) is 16.6. The van der Waals surface area contributed by atoms with Crippen LogP contribution in [0.1, 0.15) is 23.3 Å². The number of carbonyl (C=O) groups is 2. The smallest absolute Gasteiger partial charge is 0.270 e. The van der Waals surface area contributed by atoms with Crippen LogP contribution < -0.4 is 15.0 Å². The number of fused-ring (bicyclic) bond motifs is 1. The van der Waals surface area contributed by atoms with Gasteiger partial charge in [0, 0.05) is 57.7 Å². The van der Waals surface area contributed by atoms with Gasteiger partial charge in [0.25, 0.3) is 17.7 Å². The number of piperidine rings is 1. The third-order valence-electron chi connectivity index (χ3n) is 6.06. The first-order valence-electron chi connectivity index (χ1n) is 10.1. The summed E-state index contributed by atoms with van der Waals surface area (Å²) in [6, 6.07) is 1.64. The molecule has 160 valence electrons. The van der Waals surface area contributed by atoms with Crippen molar-refractivity contribution in [3.63, 3.8) is 0 Å². The molecule has 5 rings (SSSR count). The second kappa shape index (κ2) is 6.75. The third-order valence-corrected chi connectivity index (χ3v) is 6.06. The SMILES string of the molecule is CN1CC2=C(CNC(N3CCOc4cc(C(=O)N5CCC(F)(F)CC5)[nH]c43)=C2)C1=O. The summed E-state index contributed by atoms with van der Waals surface area (Å²) < 4.78 is 32.6. The minimum atomic E-state index is -2.70. The molecule has 0 atom stereocenters. The van der Waals surface area contributed by atoms with Gasteiger partial charge in [0.1, 0.15) is 18.1 Å². The fraction of sp³-hybridized carbons (Fsp3) is 0.500.